The minimum absolute atomic E-state index is 0.0384. The van der Waals surface area contributed by atoms with Crippen LogP contribution in [0.2, 0.25) is 0 Å². The Kier molecular flexibility index (Phi) is 9.12. The highest BCUT2D eigenvalue weighted by Gasteiger charge is 2.34. The van der Waals surface area contributed by atoms with Crippen molar-refractivity contribution in [3.63, 3.8) is 0 Å². The third-order valence-electron chi connectivity index (χ3n) is 5.82. The second kappa shape index (κ2) is 12.7. The Labute approximate surface area is 226 Å². The molecule has 1 aliphatic heterocycles. The summed E-state index contributed by atoms with van der Waals surface area (Å²) >= 11 is 0. The molecule has 0 bridgehead atoms. The number of nitrogens with one attached hydrogen (secondary N) is 1. The molecule has 1 saturated heterocycles. The third-order valence-corrected chi connectivity index (χ3v) is 7.21. The van der Waals surface area contributed by atoms with Gasteiger partial charge in [-0.25, -0.2) is 8.42 Å². The molecule has 4 rings (SSSR count). The number of hydrogen-bond acceptors (Lipinski definition) is 9. The van der Waals surface area contributed by atoms with Crippen LogP contribution in [0.5, 0.6) is 28.7 Å². The number of rotatable bonds is 11. The maximum absolute atomic E-state index is 13.8. The van der Waals surface area contributed by atoms with Crippen molar-refractivity contribution in [2.45, 2.75) is 4.90 Å². The number of aliphatic hydroxyl groups excluding tert-OH is 1. The van der Waals surface area contributed by atoms with Crippen molar-refractivity contribution in [3.8, 4) is 28.7 Å². The van der Waals surface area contributed by atoms with Gasteiger partial charge >= 0.3 is 0 Å². The predicted molar refractivity (Wildman–Crippen MR) is 143 cm³/mol. The summed E-state index contributed by atoms with van der Waals surface area (Å²) in [6.45, 7) is 0.717. The van der Waals surface area contributed by atoms with Crippen LogP contribution in [0, 0.1) is 0 Å². The van der Waals surface area contributed by atoms with Crippen molar-refractivity contribution in [1.82, 2.24) is 4.90 Å². The molecular weight excluding hydrogens is 528 g/mol. The van der Waals surface area contributed by atoms with E-state index in [9.17, 15) is 18.3 Å². The topological polar surface area (TPSA) is 133 Å². The molecule has 2 N–H and O–H groups in total. The van der Waals surface area contributed by atoms with Gasteiger partial charge in [0.1, 0.15) is 11.5 Å². The van der Waals surface area contributed by atoms with Crippen molar-refractivity contribution in [2.24, 2.45) is 0 Å². The first-order valence-electron chi connectivity index (χ1n) is 12.1. The number of para-hydroxylation sites is 3. The summed E-state index contributed by atoms with van der Waals surface area (Å²) < 4.78 is 58.4. The van der Waals surface area contributed by atoms with Gasteiger partial charge in [-0.1, -0.05) is 30.3 Å². The van der Waals surface area contributed by atoms with E-state index in [-0.39, 0.29) is 46.7 Å². The molecule has 1 fully saturated rings. The molecule has 3 aromatic carbocycles. The summed E-state index contributed by atoms with van der Waals surface area (Å²) in [5.41, 5.74) is 0.253. The van der Waals surface area contributed by atoms with Crippen LogP contribution in [0.3, 0.4) is 0 Å². The Bertz CT molecular complexity index is 1390. The molecule has 3 aromatic rings. The van der Waals surface area contributed by atoms with Crippen LogP contribution in [0.1, 0.15) is 10.4 Å². The Morgan fingerprint density at radius 1 is 0.949 bits per heavy atom. The molecule has 1 amide bonds. The maximum Gasteiger partial charge on any atom is 0.265 e. The van der Waals surface area contributed by atoms with E-state index in [0.717, 1.165) is 0 Å². The Hall–Kier alpha value is -4.00. The van der Waals surface area contributed by atoms with Crippen molar-refractivity contribution < 1.29 is 42.0 Å². The van der Waals surface area contributed by atoms with E-state index >= 15 is 0 Å². The quantitative estimate of drug-likeness (QED) is 0.364. The molecule has 0 unspecified atom stereocenters. The number of sulfonamides is 1. The standard InChI is InChI=1S/C27H30N2O9S/c1-34-21-10-6-7-11-22(21)38-25-23(39(32,33)28-19-8-4-3-5-9-19)18-20(24(35-2)26(25)37-17-14-30)27(31)29-12-15-36-16-13-29/h3-11,18,28,30H,12-17H2,1-2H3. The minimum atomic E-state index is -4.35. The van der Waals surface area contributed by atoms with Crippen LogP contribution in [0.25, 0.3) is 0 Å². The summed E-state index contributed by atoms with van der Waals surface area (Å²) in [4.78, 5) is 14.8. The van der Waals surface area contributed by atoms with Gasteiger partial charge in [-0.15, -0.1) is 0 Å². The third kappa shape index (κ3) is 6.36. The first-order valence-corrected chi connectivity index (χ1v) is 13.6. The Balaban J connectivity index is 1.96. The fourth-order valence-corrected chi connectivity index (χ4v) is 5.21. The highest BCUT2D eigenvalue weighted by Crippen LogP contribution is 2.48. The molecule has 11 nitrogen and oxygen atoms in total. The molecule has 1 aliphatic rings. The lowest BCUT2D eigenvalue weighted by Crippen LogP contribution is -2.41. The van der Waals surface area contributed by atoms with Gasteiger partial charge in [0.05, 0.1) is 39.6 Å². The Morgan fingerprint density at radius 2 is 1.62 bits per heavy atom. The molecule has 12 heteroatoms. The fraction of sp³-hybridized carbons (Fsp3) is 0.296. The number of amides is 1. The molecule has 0 aliphatic carbocycles. The molecule has 0 aromatic heterocycles. The molecule has 0 radical (unpaired) electrons. The van der Waals surface area contributed by atoms with E-state index in [1.807, 2.05) is 0 Å². The predicted octanol–water partition coefficient (Wildman–Crippen LogP) is 3.14. The van der Waals surface area contributed by atoms with E-state index in [1.165, 1.54) is 20.3 Å². The monoisotopic (exact) mass is 558 g/mol. The first kappa shape index (κ1) is 28.0. The number of carbonyl (C=O) groups is 1. The van der Waals surface area contributed by atoms with E-state index in [0.29, 0.717) is 37.7 Å². The smallest absolute Gasteiger partial charge is 0.265 e. The number of morpholine rings is 1. The van der Waals surface area contributed by atoms with Gasteiger partial charge in [-0.2, -0.15) is 0 Å². The maximum atomic E-state index is 13.8. The zero-order valence-electron chi connectivity index (χ0n) is 21.6. The molecular formula is C27H30N2O9S. The van der Waals surface area contributed by atoms with Gasteiger partial charge in [0, 0.05) is 18.8 Å². The minimum Gasteiger partial charge on any atom is -0.493 e. The molecule has 39 heavy (non-hydrogen) atoms. The van der Waals surface area contributed by atoms with Crippen LogP contribution in [-0.4, -0.2) is 78.1 Å². The second-order valence-corrected chi connectivity index (χ2v) is 9.97. The lowest BCUT2D eigenvalue weighted by atomic mass is 10.1. The number of ether oxygens (including phenoxy) is 5. The zero-order valence-corrected chi connectivity index (χ0v) is 22.4. The van der Waals surface area contributed by atoms with Gasteiger partial charge in [0.15, 0.2) is 23.0 Å². The Morgan fingerprint density at radius 3 is 2.26 bits per heavy atom. The first-order chi connectivity index (χ1) is 18.9. The number of aliphatic hydroxyl groups is 1. The van der Waals surface area contributed by atoms with Crippen molar-refractivity contribution in [1.29, 1.82) is 0 Å². The second-order valence-electron chi connectivity index (χ2n) is 8.31. The summed E-state index contributed by atoms with van der Waals surface area (Å²) in [5.74, 6) is -0.388. The number of anilines is 1. The van der Waals surface area contributed by atoms with Gasteiger partial charge in [0.25, 0.3) is 15.9 Å². The largest absolute Gasteiger partial charge is 0.493 e. The summed E-state index contributed by atoms with van der Waals surface area (Å²) in [5, 5.41) is 9.51. The van der Waals surface area contributed by atoms with Gasteiger partial charge in [0.2, 0.25) is 5.75 Å². The zero-order chi connectivity index (χ0) is 27.8. The number of hydrogen-bond donors (Lipinski definition) is 2. The number of nitrogens with zero attached hydrogens (tertiary/aromatic N) is 1. The summed E-state index contributed by atoms with van der Waals surface area (Å²) in [6.07, 6.45) is 0. The molecule has 208 valence electrons. The normalized spacial score (nSPS) is 13.5. The molecule has 0 atom stereocenters. The van der Waals surface area contributed by atoms with Crippen LogP contribution >= 0.6 is 0 Å². The van der Waals surface area contributed by atoms with E-state index in [1.54, 1.807) is 59.5 Å². The van der Waals surface area contributed by atoms with Crippen molar-refractivity contribution in [2.75, 3.05) is 58.5 Å². The number of benzene rings is 3. The van der Waals surface area contributed by atoms with E-state index in [4.69, 9.17) is 23.7 Å². The van der Waals surface area contributed by atoms with E-state index in [2.05, 4.69) is 4.72 Å². The average molecular weight is 559 g/mol. The molecule has 1 heterocycles. The van der Waals surface area contributed by atoms with Gasteiger partial charge in [-0.3, -0.25) is 9.52 Å². The highest BCUT2D eigenvalue weighted by molar-refractivity contribution is 7.92. The van der Waals surface area contributed by atoms with Crippen LogP contribution in [0.4, 0.5) is 5.69 Å². The SMILES string of the molecule is COc1ccccc1Oc1c(S(=O)(=O)Nc2ccccc2)cc(C(=O)N2CCOCC2)c(OC)c1OCCO. The van der Waals surface area contributed by atoms with Crippen LogP contribution < -0.4 is 23.7 Å². The van der Waals surface area contributed by atoms with E-state index < -0.39 is 15.9 Å². The number of methoxy groups -OCH3 is 2. The van der Waals surface area contributed by atoms with Gasteiger partial charge in [-0.05, 0) is 30.3 Å². The van der Waals surface area contributed by atoms with Crippen LogP contribution in [0.15, 0.2) is 65.6 Å². The fourth-order valence-electron chi connectivity index (χ4n) is 4.00. The summed E-state index contributed by atoms with van der Waals surface area (Å²) in [7, 11) is -1.57. The number of carbonyl (C=O) groups excluding carboxylic acids is 1. The molecule has 0 spiro atoms. The lowest BCUT2D eigenvalue weighted by molar-refractivity contribution is 0.0300. The van der Waals surface area contributed by atoms with Crippen LogP contribution in [-0.2, 0) is 14.8 Å². The van der Waals surface area contributed by atoms with Crippen molar-refractivity contribution in [3.05, 3.63) is 66.2 Å². The van der Waals surface area contributed by atoms with Gasteiger partial charge < -0.3 is 33.7 Å². The molecule has 0 saturated carbocycles. The lowest BCUT2D eigenvalue weighted by Gasteiger charge is -2.28. The summed E-state index contributed by atoms with van der Waals surface area (Å²) in [6, 6.07) is 16.2. The average Bonchev–Trinajstić information content (AvgIpc) is 2.96. The highest BCUT2D eigenvalue weighted by atomic mass is 32.2. The van der Waals surface area contributed by atoms with Crippen molar-refractivity contribution >= 4 is 21.6 Å².